The number of aromatic nitrogens is 3. The number of benzene rings is 3. The molecule has 2 amide bonds. The van der Waals surface area contributed by atoms with Crippen molar-refractivity contribution in [2.45, 2.75) is 11.7 Å². The number of hydrogen-bond acceptors (Lipinski definition) is 8. The minimum atomic E-state index is -0.527. The average Bonchev–Trinajstić information content (AvgIpc) is 3.34. The summed E-state index contributed by atoms with van der Waals surface area (Å²) in [6, 6.07) is 21.7. The van der Waals surface area contributed by atoms with E-state index in [0.717, 1.165) is 5.69 Å². The van der Waals surface area contributed by atoms with E-state index in [-0.39, 0.29) is 29.5 Å². The lowest BCUT2D eigenvalue weighted by Crippen LogP contribution is -2.24. The lowest BCUT2D eigenvalue weighted by Gasteiger charge is -2.11. The molecule has 4 aromatic rings. The summed E-state index contributed by atoms with van der Waals surface area (Å²) >= 11 is 1.21. The molecule has 0 radical (unpaired) electrons. The van der Waals surface area contributed by atoms with Gasteiger partial charge in [0.15, 0.2) is 11.0 Å². The third kappa shape index (κ3) is 6.49. The lowest BCUT2D eigenvalue weighted by molar-refractivity contribution is -0.384. The number of thioether (sulfide) groups is 1. The summed E-state index contributed by atoms with van der Waals surface area (Å²) < 4.78 is 6.89. The Bertz CT molecular complexity index is 1390. The Balaban J connectivity index is 1.45. The first-order valence-corrected chi connectivity index (χ1v) is 12.0. The number of non-ortho nitro benzene ring substituents is 1. The van der Waals surface area contributed by atoms with Crippen molar-refractivity contribution in [1.82, 2.24) is 20.1 Å². The summed E-state index contributed by atoms with van der Waals surface area (Å²) in [5, 5.41) is 25.4. The SMILES string of the molecule is COc1ccc(NC(=O)CSc2nnc(CNC(=O)c3ccc([N+](=O)[O-])cc3)n2-c2ccccc2)cc1. The predicted molar refractivity (Wildman–Crippen MR) is 138 cm³/mol. The van der Waals surface area contributed by atoms with Crippen LogP contribution < -0.4 is 15.4 Å². The van der Waals surface area contributed by atoms with Gasteiger partial charge in [0.1, 0.15) is 5.75 Å². The van der Waals surface area contributed by atoms with Crippen molar-refractivity contribution in [3.05, 3.63) is 100 Å². The molecule has 12 heteroatoms. The third-order valence-corrected chi connectivity index (χ3v) is 6.10. The molecular weight excluding hydrogens is 496 g/mol. The van der Waals surface area contributed by atoms with Crippen LogP contribution in [0.1, 0.15) is 16.2 Å². The van der Waals surface area contributed by atoms with Gasteiger partial charge in [0.05, 0.1) is 24.3 Å². The number of carbonyl (C=O) groups is 2. The first-order chi connectivity index (χ1) is 17.9. The number of nitro groups is 1. The summed E-state index contributed by atoms with van der Waals surface area (Å²) in [6.07, 6.45) is 0. The van der Waals surface area contributed by atoms with Crippen LogP contribution in [0.4, 0.5) is 11.4 Å². The van der Waals surface area contributed by atoms with Crippen LogP contribution in [0.25, 0.3) is 5.69 Å². The second-order valence-corrected chi connectivity index (χ2v) is 8.56. The number of amides is 2. The van der Waals surface area contributed by atoms with Crippen molar-refractivity contribution in [2.24, 2.45) is 0 Å². The van der Waals surface area contributed by atoms with E-state index in [9.17, 15) is 19.7 Å². The van der Waals surface area contributed by atoms with E-state index < -0.39 is 10.8 Å². The fraction of sp³-hybridized carbons (Fsp3) is 0.120. The van der Waals surface area contributed by atoms with Crippen molar-refractivity contribution in [2.75, 3.05) is 18.2 Å². The molecule has 3 aromatic carbocycles. The number of anilines is 1. The highest BCUT2D eigenvalue weighted by atomic mass is 32.2. The molecule has 0 fully saturated rings. The molecule has 0 aliphatic carbocycles. The van der Waals surface area contributed by atoms with Crippen molar-refractivity contribution < 1.29 is 19.2 Å². The zero-order valence-corrected chi connectivity index (χ0v) is 20.5. The molecule has 0 saturated heterocycles. The van der Waals surface area contributed by atoms with Crippen molar-refractivity contribution in [3.8, 4) is 11.4 Å². The summed E-state index contributed by atoms with van der Waals surface area (Å²) in [4.78, 5) is 35.4. The maximum absolute atomic E-state index is 12.6. The molecule has 0 saturated carbocycles. The maximum atomic E-state index is 12.6. The van der Waals surface area contributed by atoms with Crippen LogP contribution in [-0.2, 0) is 11.3 Å². The van der Waals surface area contributed by atoms with Crippen LogP contribution in [0.15, 0.2) is 84.0 Å². The molecule has 11 nitrogen and oxygen atoms in total. The Kier molecular flexibility index (Phi) is 8.11. The van der Waals surface area contributed by atoms with E-state index in [2.05, 4.69) is 20.8 Å². The minimum Gasteiger partial charge on any atom is -0.497 e. The summed E-state index contributed by atoms with van der Waals surface area (Å²) in [6.45, 7) is 0.0519. The standard InChI is InChI=1S/C25H22N6O5S/c1-36-21-13-9-18(10-14-21)27-23(32)16-37-25-29-28-22(30(25)19-5-3-2-4-6-19)15-26-24(33)17-7-11-20(12-8-17)31(34)35/h2-14H,15-16H2,1H3,(H,26,33)(H,27,32). The fourth-order valence-corrected chi connectivity index (χ4v) is 4.11. The van der Waals surface area contributed by atoms with Gasteiger partial charge in [-0.15, -0.1) is 10.2 Å². The van der Waals surface area contributed by atoms with Crippen molar-refractivity contribution >= 4 is 35.0 Å². The number of nitrogens with zero attached hydrogens (tertiary/aromatic N) is 4. The third-order valence-electron chi connectivity index (χ3n) is 5.17. The first kappa shape index (κ1) is 25.4. The van der Waals surface area contributed by atoms with Crippen molar-refractivity contribution in [1.29, 1.82) is 0 Å². The zero-order chi connectivity index (χ0) is 26.2. The van der Waals surface area contributed by atoms with Gasteiger partial charge in [0, 0.05) is 29.1 Å². The molecule has 0 aliphatic heterocycles. The molecule has 0 unspecified atom stereocenters. The average molecular weight is 519 g/mol. The van der Waals surface area contributed by atoms with E-state index in [0.29, 0.717) is 22.4 Å². The van der Waals surface area contributed by atoms with Crippen LogP contribution in [0, 0.1) is 10.1 Å². The number of methoxy groups -OCH3 is 1. The summed E-state index contributed by atoms with van der Waals surface area (Å²) in [5.41, 5.74) is 1.59. The number of hydrogen-bond donors (Lipinski definition) is 2. The number of carbonyl (C=O) groups excluding carboxylic acids is 2. The highest BCUT2D eigenvalue weighted by molar-refractivity contribution is 7.99. The van der Waals surface area contributed by atoms with E-state index in [1.807, 2.05) is 30.3 Å². The largest absolute Gasteiger partial charge is 0.497 e. The second-order valence-electron chi connectivity index (χ2n) is 7.62. The molecule has 1 aromatic heterocycles. The Morgan fingerprint density at radius 2 is 1.70 bits per heavy atom. The van der Waals surface area contributed by atoms with E-state index in [4.69, 9.17) is 4.74 Å². The van der Waals surface area contributed by atoms with Gasteiger partial charge in [-0.25, -0.2) is 0 Å². The van der Waals surface area contributed by atoms with Gasteiger partial charge in [-0.3, -0.25) is 24.3 Å². The van der Waals surface area contributed by atoms with Crippen LogP contribution in [0.2, 0.25) is 0 Å². The topological polar surface area (TPSA) is 141 Å². The number of rotatable bonds is 10. The molecule has 4 rings (SSSR count). The smallest absolute Gasteiger partial charge is 0.269 e. The number of ether oxygens (including phenoxy) is 1. The second kappa shape index (κ2) is 11.8. The first-order valence-electron chi connectivity index (χ1n) is 11.0. The molecule has 2 N–H and O–H groups in total. The Morgan fingerprint density at radius 1 is 1.00 bits per heavy atom. The van der Waals surface area contributed by atoms with Gasteiger partial charge in [-0.1, -0.05) is 30.0 Å². The Hall–Kier alpha value is -4.71. The van der Waals surface area contributed by atoms with E-state index in [1.54, 1.807) is 35.9 Å². The molecule has 0 atom stereocenters. The number of nitrogens with one attached hydrogen (secondary N) is 2. The van der Waals surface area contributed by atoms with Gasteiger partial charge < -0.3 is 15.4 Å². The summed E-state index contributed by atoms with van der Waals surface area (Å²) in [5.74, 6) is 0.610. The number of nitro benzene ring substituents is 1. The zero-order valence-electron chi connectivity index (χ0n) is 19.7. The van der Waals surface area contributed by atoms with Crippen molar-refractivity contribution in [3.63, 3.8) is 0 Å². The van der Waals surface area contributed by atoms with Crippen LogP contribution in [0.3, 0.4) is 0 Å². The summed E-state index contributed by atoms with van der Waals surface area (Å²) in [7, 11) is 1.57. The van der Waals surface area contributed by atoms with E-state index >= 15 is 0 Å². The molecule has 37 heavy (non-hydrogen) atoms. The lowest BCUT2D eigenvalue weighted by atomic mass is 10.2. The fourth-order valence-electron chi connectivity index (χ4n) is 3.34. The van der Waals surface area contributed by atoms with Gasteiger partial charge in [0.25, 0.3) is 11.6 Å². The van der Waals surface area contributed by atoms with Gasteiger partial charge >= 0.3 is 0 Å². The maximum Gasteiger partial charge on any atom is 0.269 e. The Morgan fingerprint density at radius 3 is 2.35 bits per heavy atom. The Labute approximate surface area is 216 Å². The molecule has 0 aliphatic rings. The van der Waals surface area contributed by atoms with Crippen LogP contribution in [0.5, 0.6) is 5.75 Å². The van der Waals surface area contributed by atoms with E-state index in [1.165, 1.54) is 36.0 Å². The predicted octanol–water partition coefficient (Wildman–Crippen LogP) is 3.84. The molecule has 188 valence electrons. The highest BCUT2D eigenvalue weighted by Crippen LogP contribution is 2.23. The minimum absolute atomic E-state index is 0.0519. The van der Waals surface area contributed by atoms with Gasteiger partial charge in [-0.2, -0.15) is 0 Å². The molecule has 0 bridgehead atoms. The van der Waals surface area contributed by atoms with Crippen LogP contribution in [-0.4, -0.2) is 44.4 Å². The quantitative estimate of drug-likeness (QED) is 0.183. The monoisotopic (exact) mass is 518 g/mol. The molecule has 0 spiro atoms. The van der Waals surface area contributed by atoms with Gasteiger partial charge in [-0.05, 0) is 48.5 Å². The highest BCUT2D eigenvalue weighted by Gasteiger charge is 2.17. The van der Waals surface area contributed by atoms with Crippen LogP contribution >= 0.6 is 11.8 Å². The molecular formula is C25H22N6O5S. The normalized spacial score (nSPS) is 10.5. The van der Waals surface area contributed by atoms with Gasteiger partial charge in [0.2, 0.25) is 5.91 Å². The molecule has 1 heterocycles. The number of para-hydroxylation sites is 1.